The quantitative estimate of drug-likeness (QED) is 0.0213. The van der Waals surface area contributed by atoms with Crippen molar-refractivity contribution in [2.24, 2.45) is 0 Å². The number of furan rings is 1. The molecule has 0 unspecified atom stereocenters. The number of halogens is 5. The Hall–Kier alpha value is -11.0. The number of aromatic amines is 5. The molecule has 1 saturated heterocycles. The number of nitrogens with one attached hydrogen (secondary N) is 10. The van der Waals surface area contributed by atoms with Gasteiger partial charge in [0.2, 0.25) is 26.4 Å². The molecule has 1 fully saturated rings. The van der Waals surface area contributed by atoms with Gasteiger partial charge >= 0.3 is 0 Å². The van der Waals surface area contributed by atoms with Crippen LogP contribution < -0.4 is 50.3 Å². The molecular formula is C63H64Cl5N29O8S2. The van der Waals surface area contributed by atoms with E-state index in [1.807, 2.05) is 68.8 Å². The molecule has 16 rings (SSSR count). The summed E-state index contributed by atoms with van der Waals surface area (Å²) < 4.78 is 37.5. The molecule has 0 radical (unpaired) electrons. The monoisotopic (exact) mass is 1590 g/mol. The van der Waals surface area contributed by atoms with E-state index < -0.39 is 0 Å². The van der Waals surface area contributed by atoms with Gasteiger partial charge in [-0.15, -0.1) is 22.7 Å². The highest BCUT2D eigenvalue weighted by atomic mass is 35.5. The summed E-state index contributed by atoms with van der Waals surface area (Å²) in [5.41, 5.74) is 7.61. The highest BCUT2D eigenvalue weighted by molar-refractivity contribution is 7.09. The SMILES string of the molecule is CC(C)Oc1nc2nc(Cl)nc(NCc3nccs3)c2[nH]1.CCCOc1nc2nc(Cl)nc(NCc3nccs3)c2[nH]1.CCOc1nc2nc(Cl)nc(NCc3ccncc3)c2[nH]1.Clc1nc(NCc2ccncc2)c2[nH]c(OC3COC3)nc2n1.OCCOc1nc2nc(Cl)nc(NCc3ccco3)c2[nH]1. The highest BCUT2D eigenvalue weighted by Gasteiger charge is 2.24. The zero-order chi connectivity index (χ0) is 74.4. The van der Waals surface area contributed by atoms with Crippen LogP contribution in [0.3, 0.4) is 0 Å². The van der Waals surface area contributed by atoms with Crippen molar-refractivity contribution in [3.05, 3.63) is 144 Å². The summed E-state index contributed by atoms with van der Waals surface area (Å²) in [7, 11) is 0. The average Bonchev–Trinajstić information content (AvgIpc) is 1.70. The number of nitrogens with zero attached hydrogens (tertiary/aromatic N) is 19. The number of aliphatic hydroxyl groups excluding tert-OH is 1. The minimum Gasteiger partial charge on any atom is -0.467 e. The van der Waals surface area contributed by atoms with Gasteiger partial charge < -0.3 is 89.4 Å². The molecule has 37 nitrogen and oxygen atoms in total. The predicted octanol–water partition coefficient (Wildman–Crippen LogP) is 11.5. The molecule has 0 bridgehead atoms. The standard InChI is InChI=1S/C14H13ClN6O2.C13H13ClN6O.2C12H13ClN6OS.C12H12ClN5O3/c15-13-19-11(17-5-8-1-3-16-4-2-8)10-12(20-13)21-14(18-10)23-9-6-22-7-9;1-2-21-13-17-9-10(18-12(14)19-11(9)20-13)16-7-8-3-5-15-6-4-8;1-6(2)20-12-16-8-9(15-5-7-14-3-4-21-7)17-11(13)18-10(8)19-12;1-2-4-20-12-16-8-9(15-6-7-14-3-5-21-7)17-11(13)18-10(8)19-12;13-11-16-9(14-6-7-2-1-4-20-7)8-10(17-11)18-12(15-8)21-5-3-19/h1-4,9H,5-7H2,(H2,17,18,19,20,21);3-6H,2,7H2,1H3,(H2,16,17,18,19,20);3-4,6H,5H2,1-2H3,(H2,15,16,17,18,19);3,5H,2,4,6H2,1H3,(H2,15,16,17,18,19);1-2,4,19H,3,5-6H2,(H2,14,15,16,17,18). The summed E-state index contributed by atoms with van der Waals surface area (Å²) in [6.07, 6.45) is 13.0. The molecule has 107 heavy (non-hydrogen) atoms. The van der Waals surface area contributed by atoms with Gasteiger partial charge in [0, 0.05) is 61.0 Å². The van der Waals surface area contributed by atoms with E-state index in [4.69, 9.17) is 95.9 Å². The molecule has 1 aliphatic heterocycles. The van der Waals surface area contributed by atoms with Crippen molar-refractivity contribution in [2.45, 2.75) is 79.0 Å². The van der Waals surface area contributed by atoms with E-state index in [0.29, 0.717) is 168 Å². The van der Waals surface area contributed by atoms with Crippen LogP contribution >= 0.6 is 80.7 Å². The maximum Gasteiger partial charge on any atom is 0.296 e. The van der Waals surface area contributed by atoms with E-state index >= 15 is 0 Å². The molecule has 0 aromatic carbocycles. The van der Waals surface area contributed by atoms with E-state index in [-0.39, 0.29) is 57.9 Å². The number of imidazole rings is 5. The molecular weight excluding hydrogens is 1530 g/mol. The summed E-state index contributed by atoms with van der Waals surface area (Å²) in [6.45, 7) is 12.8. The second-order valence-electron chi connectivity index (χ2n) is 22.1. The molecule has 11 N–H and O–H groups in total. The predicted molar refractivity (Wildman–Crippen MR) is 402 cm³/mol. The van der Waals surface area contributed by atoms with Gasteiger partial charge in [0.25, 0.3) is 30.1 Å². The van der Waals surface area contributed by atoms with Crippen molar-refractivity contribution >= 4 is 166 Å². The Labute approximate surface area is 638 Å². The van der Waals surface area contributed by atoms with E-state index in [0.717, 1.165) is 33.3 Å². The van der Waals surface area contributed by atoms with Gasteiger partial charge in [-0.2, -0.15) is 74.8 Å². The molecule has 0 aliphatic carbocycles. The molecule has 556 valence electrons. The Bertz CT molecular complexity index is 5150. The molecule has 15 aromatic heterocycles. The number of anilines is 5. The van der Waals surface area contributed by atoms with Gasteiger partial charge in [0.05, 0.1) is 65.0 Å². The fraction of sp³-hybridized carbons (Fsp3) is 0.286. The van der Waals surface area contributed by atoms with Gasteiger partial charge in [-0.25, -0.2) is 9.97 Å². The number of hydrogen-bond donors (Lipinski definition) is 11. The van der Waals surface area contributed by atoms with Crippen LogP contribution in [-0.4, -0.2) is 177 Å². The summed E-state index contributed by atoms with van der Waals surface area (Å²) in [5, 5.41) is 31.0. The number of fused-ring (bicyclic) bond motifs is 5. The lowest BCUT2D eigenvalue weighted by Gasteiger charge is -2.25. The first kappa shape index (κ1) is 75.6. The first-order valence-electron chi connectivity index (χ1n) is 32.5. The number of aliphatic hydroxyl groups is 1. The van der Waals surface area contributed by atoms with Crippen molar-refractivity contribution in [3.63, 3.8) is 0 Å². The Balaban J connectivity index is 0.000000125. The van der Waals surface area contributed by atoms with Crippen LogP contribution in [0.4, 0.5) is 29.1 Å². The zero-order valence-electron chi connectivity index (χ0n) is 56.8. The van der Waals surface area contributed by atoms with E-state index in [1.165, 1.54) is 0 Å². The molecule has 1 aliphatic rings. The lowest BCUT2D eigenvalue weighted by molar-refractivity contribution is -0.0827. The third-order valence-electron chi connectivity index (χ3n) is 14.0. The number of pyridine rings is 2. The van der Waals surface area contributed by atoms with E-state index in [9.17, 15) is 0 Å². The lowest BCUT2D eigenvalue weighted by Crippen LogP contribution is -2.38. The second kappa shape index (κ2) is 37.3. The second-order valence-corrected chi connectivity index (χ2v) is 25.8. The van der Waals surface area contributed by atoms with Crippen LogP contribution in [0, 0.1) is 0 Å². The van der Waals surface area contributed by atoms with Crippen LogP contribution in [-0.2, 0) is 37.5 Å². The molecule has 15 aromatic rings. The minimum atomic E-state index is -0.104. The first-order valence-corrected chi connectivity index (χ1v) is 36.2. The Morgan fingerprint density at radius 3 is 1.24 bits per heavy atom. The lowest BCUT2D eigenvalue weighted by atomic mass is 10.3. The largest absolute Gasteiger partial charge is 0.467 e. The first-order chi connectivity index (χ1) is 52.2. The number of ether oxygens (including phenoxy) is 6. The molecule has 0 saturated carbocycles. The van der Waals surface area contributed by atoms with Crippen LogP contribution in [0.5, 0.6) is 30.1 Å². The Morgan fingerprint density at radius 1 is 0.477 bits per heavy atom. The van der Waals surface area contributed by atoms with Crippen LogP contribution in [0.15, 0.2) is 95.0 Å². The Morgan fingerprint density at radius 2 is 0.869 bits per heavy atom. The third-order valence-corrected chi connectivity index (χ3v) is 16.4. The van der Waals surface area contributed by atoms with Crippen LogP contribution in [0.2, 0.25) is 26.4 Å². The summed E-state index contributed by atoms with van der Waals surface area (Å²) >= 11 is 32.8. The average molecular weight is 1600 g/mol. The van der Waals surface area contributed by atoms with Gasteiger partial charge in [0.1, 0.15) is 56.1 Å². The van der Waals surface area contributed by atoms with Gasteiger partial charge in [-0.05, 0) is 133 Å². The topological polar surface area (TPSA) is 473 Å². The molecule has 44 heteroatoms. The maximum absolute atomic E-state index is 8.75. The third kappa shape index (κ3) is 21.4. The molecule has 0 spiro atoms. The summed E-state index contributed by atoms with van der Waals surface area (Å²) in [6, 6.07) is 13.2. The number of thiazole rings is 2. The van der Waals surface area contributed by atoms with Crippen molar-refractivity contribution in [1.29, 1.82) is 0 Å². The molecule has 16 heterocycles. The molecule has 0 amide bonds. The van der Waals surface area contributed by atoms with Crippen molar-refractivity contribution in [3.8, 4) is 30.1 Å². The smallest absolute Gasteiger partial charge is 0.296 e. The van der Waals surface area contributed by atoms with Crippen molar-refractivity contribution in [1.82, 2.24) is 120 Å². The minimum absolute atomic E-state index is 0.0146. The normalized spacial score (nSPS) is 11.8. The van der Waals surface area contributed by atoms with Crippen LogP contribution in [0.1, 0.15) is 61.0 Å². The summed E-state index contributed by atoms with van der Waals surface area (Å²) in [4.78, 5) is 94.0. The molecule has 0 atom stereocenters. The maximum atomic E-state index is 8.75. The highest BCUT2D eigenvalue weighted by Crippen LogP contribution is 2.30. The van der Waals surface area contributed by atoms with Gasteiger partial charge in [-0.3, -0.25) is 9.97 Å². The zero-order valence-corrected chi connectivity index (χ0v) is 62.2. The van der Waals surface area contributed by atoms with Gasteiger partial charge in [-0.1, -0.05) is 6.92 Å². The number of rotatable bonds is 27. The fourth-order valence-electron chi connectivity index (χ4n) is 9.30. The summed E-state index contributed by atoms with van der Waals surface area (Å²) in [5.74, 6) is 3.57. The van der Waals surface area contributed by atoms with E-state index in [1.54, 1.807) is 72.2 Å². The fourth-order valence-corrected chi connectivity index (χ4v) is 11.2. The van der Waals surface area contributed by atoms with E-state index in [2.05, 4.69) is 146 Å². The van der Waals surface area contributed by atoms with Gasteiger partial charge in [0.15, 0.2) is 57.3 Å². The number of aromatic nitrogens is 24. The van der Waals surface area contributed by atoms with Crippen LogP contribution in [0.25, 0.3) is 55.8 Å². The van der Waals surface area contributed by atoms with Crippen molar-refractivity contribution < 1.29 is 37.9 Å². The number of H-pyrrole nitrogens is 5. The van der Waals surface area contributed by atoms with Crippen molar-refractivity contribution in [2.75, 3.05) is 66.2 Å². The Kier molecular flexibility index (Phi) is 26.4. The number of hydrogen-bond acceptors (Lipinski definition) is 34.